The minimum Gasteiger partial charge on any atom is -0.478 e. The van der Waals surface area contributed by atoms with Crippen molar-refractivity contribution < 1.29 is 14.6 Å². The van der Waals surface area contributed by atoms with E-state index in [4.69, 9.17) is 15.6 Å². The standard InChI is InChI=1S/C14H20N2O3/c1-2-16(9-10-5-4-8-19-10)12-7-3-6-11(13(12)15)14(17)18/h3,6-7,10H,2,4-5,8-9,15H2,1H3,(H,17,18). The predicted octanol–water partition coefficient (Wildman–Crippen LogP) is 1.97. The highest BCUT2D eigenvalue weighted by atomic mass is 16.5. The van der Waals surface area contributed by atoms with Crippen LogP contribution in [-0.4, -0.2) is 36.9 Å². The zero-order chi connectivity index (χ0) is 13.8. The molecule has 1 aromatic carbocycles. The SMILES string of the molecule is CCN(CC1CCCO1)c1cccc(C(=O)O)c1N. The van der Waals surface area contributed by atoms with Crippen molar-refractivity contribution in [1.82, 2.24) is 0 Å². The lowest BCUT2D eigenvalue weighted by atomic mass is 10.1. The van der Waals surface area contributed by atoms with Gasteiger partial charge in [-0.05, 0) is 31.9 Å². The number of aromatic carboxylic acids is 1. The minimum atomic E-state index is -0.993. The lowest BCUT2D eigenvalue weighted by Gasteiger charge is -2.27. The van der Waals surface area contributed by atoms with Gasteiger partial charge in [-0.1, -0.05) is 6.07 Å². The maximum absolute atomic E-state index is 11.1. The number of anilines is 2. The lowest BCUT2D eigenvalue weighted by molar-refractivity contribution is 0.0698. The summed E-state index contributed by atoms with van der Waals surface area (Å²) in [5, 5.41) is 9.11. The molecule has 0 bridgehead atoms. The van der Waals surface area contributed by atoms with Gasteiger partial charge < -0.3 is 20.5 Å². The average molecular weight is 264 g/mol. The van der Waals surface area contributed by atoms with E-state index in [0.717, 1.165) is 38.2 Å². The quantitative estimate of drug-likeness (QED) is 0.795. The molecule has 0 radical (unpaired) electrons. The number of ether oxygens (including phenoxy) is 1. The van der Waals surface area contributed by atoms with E-state index in [1.54, 1.807) is 6.07 Å². The Hall–Kier alpha value is -1.75. The van der Waals surface area contributed by atoms with Gasteiger partial charge in [0.25, 0.3) is 0 Å². The molecule has 3 N–H and O–H groups in total. The van der Waals surface area contributed by atoms with E-state index in [-0.39, 0.29) is 11.7 Å². The molecule has 0 aliphatic carbocycles. The number of hydrogen-bond donors (Lipinski definition) is 2. The zero-order valence-electron chi connectivity index (χ0n) is 11.1. The zero-order valence-corrected chi connectivity index (χ0v) is 11.1. The second kappa shape index (κ2) is 5.93. The minimum absolute atomic E-state index is 0.156. The van der Waals surface area contributed by atoms with E-state index < -0.39 is 5.97 Å². The molecule has 5 nitrogen and oxygen atoms in total. The Labute approximate surface area is 113 Å². The maximum atomic E-state index is 11.1. The van der Waals surface area contributed by atoms with Crippen LogP contribution in [0.1, 0.15) is 30.1 Å². The van der Waals surface area contributed by atoms with Gasteiger partial charge in [-0.15, -0.1) is 0 Å². The van der Waals surface area contributed by atoms with Crippen molar-refractivity contribution in [3.63, 3.8) is 0 Å². The number of carbonyl (C=O) groups is 1. The van der Waals surface area contributed by atoms with Gasteiger partial charge in [-0.25, -0.2) is 4.79 Å². The molecule has 104 valence electrons. The number of para-hydroxylation sites is 1. The van der Waals surface area contributed by atoms with Gasteiger partial charge in [-0.3, -0.25) is 0 Å². The lowest BCUT2D eigenvalue weighted by Crippen LogP contribution is -2.32. The van der Waals surface area contributed by atoms with Crippen LogP contribution in [0.5, 0.6) is 0 Å². The van der Waals surface area contributed by atoms with Crippen molar-refractivity contribution in [3.8, 4) is 0 Å². The number of rotatable bonds is 5. The number of nitrogen functional groups attached to an aromatic ring is 1. The molecule has 1 heterocycles. The summed E-state index contributed by atoms with van der Waals surface area (Å²) in [5.41, 5.74) is 7.23. The molecule has 1 aliphatic rings. The first kappa shape index (κ1) is 13.7. The number of carboxylic acid groups (broad SMARTS) is 1. The van der Waals surface area contributed by atoms with Crippen LogP contribution in [0, 0.1) is 0 Å². The summed E-state index contributed by atoms with van der Waals surface area (Å²) in [6.45, 7) is 4.37. The maximum Gasteiger partial charge on any atom is 0.337 e. The van der Waals surface area contributed by atoms with Crippen LogP contribution >= 0.6 is 0 Å². The van der Waals surface area contributed by atoms with Crippen molar-refractivity contribution in [2.75, 3.05) is 30.3 Å². The van der Waals surface area contributed by atoms with Gasteiger partial charge in [-0.2, -0.15) is 0 Å². The van der Waals surface area contributed by atoms with E-state index in [2.05, 4.69) is 4.90 Å². The van der Waals surface area contributed by atoms with Crippen LogP contribution in [0.4, 0.5) is 11.4 Å². The summed E-state index contributed by atoms with van der Waals surface area (Å²) >= 11 is 0. The van der Waals surface area contributed by atoms with Crippen LogP contribution < -0.4 is 10.6 Å². The highest BCUT2D eigenvalue weighted by Gasteiger charge is 2.21. The second-order valence-electron chi connectivity index (χ2n) is 4.72. The van der Waals surface area contributed by atoms with Crippen LogP contribution in [0.15, 0.2) is 18.2 Å². The smallest absolute Gasteiger partial charge is 0.337 e. The normalized spacial score (nSPS) is 18.5. The number of likely N-dealkylation sites (N-methyl/N-ethyl adjacent to an activating group) is 1. The Morgan fingerprint density at radius 1 is 1.58 bits per heavy atom. The third-order valence-electron chi connectivity index (χ3n) is 3.48. The Balaban J connectivity index is 2.22. The van der Waals surface area contributed by atoms with Crippen molar-refractivity contribution in [2.24, 2.45) is 0 Å². The molecular formula is C14H20N2O3. The van der Waals surface area contributed by atoms with E-state index >= 15 is 0 Å². The van der Waals surface area contributed by atoms with Crippen molar-refractivity contribution in [1.29, 1.82) is 0 Å². The molecule has 1 aliphatic heterocycles. The number of benzene rings is 1. The fourth-order valence-electron chi connectivity index (χ4n) is 2.45. The number of nitrogens with zero attached hydrogens (tertiary/aromatic N) is 1. The molecule has 0 amide bonds. The molecule has 1 atom stereocenters. The highest BCUT2D eigenvalue weighted by molar-refractivity contribution is 5.97. The molecule has 1 saturated heterocycles. The molecule has 1 fully saturated rings. The monoisotopic (exact) mass is 264 g/mol. The summed E-state index contributed by atoms with van der Waals surface area (Å²) < 4.78 is 5.63. The molecule has 1 aromatic rings. The van der Waals surface area contributed by atoms with Gasteiger partial charge in [0, 0.05) is 19.7 Å². The largest absolute Gasteiger partial charge is 0.478 e. The van der Waals surface area contributed by atoms with Crippen molar-refractivity contribution in [3.05, 3.63) is 23.8 Å². The fourth-order valence-corrected chi connectivity index (χ4v) is 2.45. The molecule has 0 aromatic heterocycles. The number of carboxylic acids is 1. The summed E-state index contributed by atoms with van der Waals surface area (Å²) in [6.07, 6.45) is 2.36. The fraction of sp³-hybridized carbons (Fsp3) is 0.500. The summed E-state index contributed by atoms with van der Waals surface area (Å²) in [7, 11) is 0. The van der Waals surface area contributed by atoms with Gasteiger partial charge in [0.2, 0.25) is 0 Å². The van der Waals surface area contributed by atoms with Gasteiger partial charge in [0.15, 0.2) is 0 Å². The molecule has 5 heteroatoms. The molecule has 0 saturated carbocycles. The topological polar surface area (TPSA) is 75.8 Å². The van der Waals surface area contributed by atoms with Crippen LogP contribution in [0.3, 0.4) is 0 Å². The van der Waals surface area contributed by atoms with Crippen molar-refractivity contribution >= 4 is 17.3 Å². The predicted molar refractivity (Wildman–Crippen MR) is 74.7 cm³/mol. The first-order valence-corrected chi connectivity index (χ1v) is 6.61. The highest BCUT2D eigenvalue weighted by Crippen LogP contribution is 2.28. The molecule has 2 rings (SSSR count). The van der Waals surface area contributed by atoms with Crippen LogP contribution in [0.2, 0.25) is 0 Å². The first-order chi connectivity index (χ1) is 9.13. The third kappa shape index (κ3) is 2.98. The van der Waals surface area contributed by atoms with E-state index in [0.29, 0.717) is 5.69 Å². The van der Waals surface area contributed by atoms with Crippen LogP contribution in [-0.2, 0) is 4.74 Å². The second-order valence-corrected chi connectivity index (χ2v) is 4.72. The van der Waals surface area contributed by atoms with E-state index in [1.807, 2.05) is 13.0 Å². The number of hydrogen-bond acceptors (Lipinski definition) is 4. The van der Waals surface area contributed by atoms with E-state index in [1.165, 1.54) is 6.07 Å². The summed E-state index contributed by atoms with van der Waals surface area (Å²) in [4.78, 5) is 13.2. The van der Waals surface area contributed by atoms with Gasteiger partial charge >= 0.3 is 5.97 Å². The third-order valence-corrected chi connectivity index (χ3v) is 3.48. The van der Waals surface area contributed by atoms with Gasteiger partial charge in [0.05, 0.1) is 23.0 Å². The Morgan fingerprint density at radius 2 is 2.37 bits per heavy atom. The average Bonchev–Trinajstić information content (AvgIpc) is 2.89. The molecule has 1 unspecified atom stereocenters. The Bertz CT molecular complexity index is 456. The molecule has 0 spiro atoms. The molecule has 19 heavy (non-hydrogen) atoms. The first-order valence-electron chi connectivity index (χ1n) is 6.61. The number of nitrogens with two attached hydrogens (primary N) is 1. The van der Waals surface area contributed by atoms with Crippen LogP contribution in [0.25, 0.3) is 0 Å². The van der Waals surface area contributed by atoms with Gasteiger partial charge in [0.1, 0.15) is 0 Å². The van der Waals surface area contributed by atoms with Crippen molar-refractivity contribution in [2.45, 2.75) is 25.9 Å². The Kier molecular flexibility index (Phi) is 4.27. The van der Waals surface area contributed by atoms with E-state index in [9.17, 15) is 4.79 Å². The summed E-state index contributed by atoms with van der Waals surface area (Å²) in [5.74, 6) is -0.993. The Morgan fingerprint density at radius 3 is 2.95 bits per heavy atom. The molecular weight excluding hydrogens is 244 g/mol. The summed E-state index contributed by atoms with van der Waals surface area (Å²) in [6, 6.07) is 5.12.